The van der Waals surface area contributed by atoms with Crippen molar-refractivity contribution < 1.29 is 19.4 Å². The Kier molecular flexibility index (Phi) is 5.62. The van der Waals surface area contributed by atoms with Crippen molar-refractivity contribution in [1.82, 2.24) is 0 Å². The fourth-order valence-corrected chi connectivity index (χ4v) is 2.15. The van der Waals surface area contributed by atoms with Gasteiger partial charge in [-0.25, -0.2) is 0 Å². The molecule has 1 fully saturated rings. The summed E-state index contributed by atoms with van der Waals surface area (Å²) in [6.07, 6.45) is 2.75. The molecule has 0 saturated carbocycles. The minimum atomic E-state index is -0.816. The number of hydrogen-bond donors (Lipinski definition) is 1. The number of cyclic esters (lactones) is 1. The zero-order valence-corrected chi connectivity index (χ0v) is 10.6. The van der Waals surface area contributed by atoms with Gasteiger partial charge in [-0.3, -0.25) is 9.59 Å². The smallest absolute Gasteiger partial charge is 0.306 e. The largest absolute Gasteiger partial charge is 0.462 e. The molecule has 0 unspecified atom stereocenters. The molecule has 17 heavy (non-hydrogen) atoms. The Bertz CT molecular complexity index is 275. The van der Waals surface area contributed by atoms with Crippen LogP contribution in [0.4, 0.5) is 0 Å². The summed E-state index contributed by atoms with van der Waals surface area (Å²) >= 11 is 0. The topological polar surface area (TPSA) is 63.6 Å². The quantitative estimate of drug-likeness (QED) is 0.692. The van der Waals surface area contributed by atoms with Crippen LogP contribution < -0.4 is 0 Å². The van der Waals surface area contributed by atoms with Crippen LogP contribution in [0.3, 0.4) is 0 Å². The van der Waals surface area contributed by atoms with Crippen molar-refractivity contribution in [2.24, 2.45) is 5.92 Å². The molecule has 0 aromatic heterocycles. The van der Waals surface area contributed by atoms with Crippen molar-refractivity contribution in [2.45, 2.75) is 64.6 Å². The summed E-state index contributed by atoms with van der Waals surface area (Å²) in [6.45, 7) is 3.93. The molecule has 1 aliphatic rings. The number of carbonyl (C=O) groups excluding carboxylic acids is 2. The van der Waals surface area contributed by atoms with E-state index >= 15 is 0 Å². The fraction of sp³-hybridized carbons (Fsp3) is 0.846. The highest BCUT2D eigenvalue weighted by atomic mass is 16.5. The minimum Gasteiger partial charge on any atom is -0.462 e. The van der Waals surface area contributed by atoms with Gasteiger partial charge in [0.25, 0.3) is 0 Å². The van der Waals surface area contributed by atoms with E-state index in [1.807, 2.05) is 13.8 Å². The minimum absolute atomic E-state index is 0.0429. The first-order valence-electron chi connectivity index (χ1n) is 6.44. The molecule has 1 N–H and O–H groups in total. The van der Waals surface area contributed by atoms with Gasteiger partial charge in [-0.2, -0.15) is 0 Å². The third kappa shape index (κ3) is 4.46. The molecule has 4 nitrogen and oxygen atoms in total. The number of ether oxygens (including phenoxy) is 1. The van der Waals surface area contributed by atoms with E-state index in [0.29, 0.717) is 25.7 Å². The van der Waals surface area contributed by atoms with Gasteiger partial charge in [0.15, 0.2) is 5.78 Å². The van der Waals surface area contributed by atoms with Crippen LogP contribution in [0.5, 0.6) is 0 Å². The van der Waals surface area contributed by atoms with Gasteiger partial charge >= 0.3 is 5.97 Å². The molecule has 0 radical (unpaired) electrons. The maximum Gasteiger partial charge on any atom is 0.306 e. The van der Waals surface area contributed by atoms with Gasteiger partial charge in [0, 0.05) is 12.3 Å². The zero-order chi connectivity index (χ0) is 12.8. The third-order valence-corrected chi connectivity index (χ3v) is 3.25. The van der Waals surface area contributed by atoms with Gasteiger partial charge in [0.05, 0.1) is 6.42 Å². The third-order valence-electron chi connectivity index (χ3n) is 3.25. The molecule has 3 atom stereocenters. The number of rotatable bonds is 7. The van der Waals surface area contributed by atoms with Crippen LogP contribution in [0.1, 0.15) is 52.4 Å². The average molecular weight is 242 g/mol. The maximum atomic E-state index is 11.5. The Morgan fingerprint density at radius 2 is 2.29 bits per heavy atom. The van der Waals surface area contributed by atoms with Crippen molar-refractivity contribution in [3.63, 3.8) is 0 Å². The first kappa shape index (κ1) is 14.2. The normalized spacial score (nSPS) is 25.7. The monoisotopic (exact) mass is 242 g/mol. The highest BCUT2D eigenvalue weighted by molar-refractivity contribution is 5.82. The maximum absolute atomic E-state index is 11.5. The molecule has 98 valence electrons. The van der Waals surface area contributed by atoms with Crippen LogP contribution in [-0.2, 0) is 14.3 Å². The lowest BCUT2D eigenvalue weighted by Gasteiger charge is -2.13. The van der Waals surface area contributed by atoms with E-state index in [2.05, 4.69) is 0 Å². The van der Waals surface area contributed by atoms with E-state index in [9.17, 15) is 14.7 Å². The summed E-state index contributed by atoms with van der Waals surface area (Å²) in [7, 11) is 0. The summed E-state index contributed by atoms with van der Waals surface area (Å²) in [5.74, 6) is 0.0156. The molecule has 0 aromatic carbocycles. The lowest BCUT2D eigenvalue weighted by molar-refractivity contribution is -0.141. The van der Waals surface area contributed by atoms with Crippen LogP contribution in [0.15, 0.2) is 0 Å². The summed E-state index contributed by atoms with van der Waals surface area (Å²) < 4.78 is 5.15. The Morgan fingerprint density at radius 1 is 1.59 bits per heavy atom. The molecule has 1 aliphatic heterocycles. The van der Waals surface area contributed by atoms with Crippen LogP contribution in [0.2, 0.25) is 0 Å². The number of ketones is 1. The number of aliphatic hydroxyl groups is 1. The lowest BCUT2D eigenvalue weighted by Crippen LogP contribution is -2.21. The summed E-state index contributed by atoms with van der Waals surface area (Å²) in [4.78, 5) is 22.5. The van der Waals surface area contributed by atoms with Crippen LogP contribution in [-0.4, -0.2) is 29.1 Å². The molecule has 0 bridgehead atoms. The van der Waals surface area contributed by atoms with E-state index in [0.717, 1.165) is 12.8 Å². The summed E-state index contributed by atoms with van der Waals surface area (Å²) in [5.41, 5.74) is 0. The van der Waals surface area contributed by atoms with Crippen LogP contribution >= 0.6 is 0 Å². The van der Waals surface area contributed by atoms with Crippen LogP contribution in [0.25, 0.3) is 0 Å². The number of esters is 1. The van der Waals surface area contributed by atoms with E-state index < -0.39 is 6.10 Å². The van der Waals surface area contributed by atoms with Crippen molar-refractivity contribution >= 4 is 11.8 Å². The molecule has 1 saturated heterocycles. The van der Waals surface area contributed by atoms with Gasteiger partial charge in [-0.15, -0.1) is 0 Å². The van der Waals surface area contributed by atoms with Gasteiger partial charge < -0.3 is 9.84 Å². The van der Waals surface area contributed by atoms with Crippen molar-refractivity contribution in [3.05, 3.63) is 0 Å². The second-order valence-electron chi connectivity index (χ2n) is 4.87. The molecule has 4 heteroatoms. The molecule has 1 rings (SSSR count). The zero-order valence-electron chi connectivity index (χ0n) is 10.6. The molecule has 1 heterocycles. The second-order valence-corrected chi connectivity index (χ2v) is 4.87. The molecular weight excluding hydrogens is 220 g/mol. The number of carbonyl (C=O) groups is 2. The van der Waals surface area contributed by atoms with E-state index in [1.165, 1.54) is 0 Å². The van der Waals surface area contributed by atoms with Gasteiger partial charge in [0.1, 0.15) is 12.2 Å². The van der Waals surface area contributed by atoms with Crippen molar-refractivity contribution in [3.8, 4) is 0 Å². The Labute approximate surface area is 102 Å². The lowest BCUT2D eigenvalue weighted by atomic mass is 9.97. The SMILES string of the molecule is CCC[C@@H](O)C(=O)CCC[C@@H]1OC(=O)C[C@H]1C. The highest BCUT2D eigenvalue weighted by Gasteiger charge is 2.30. The predicted molar refractivity (Wildman–Crippen MR) is 63.4 cm³/mol. The Balaban J connectivity index is 2.19. The fourth-order valence-electron chi connectivity index (χ4n) is 2.15. The van der Waals surface area contributed by atoms with E-state index in [4.69, 9.17) is 4.74 Å². The molecule has 0 aromatic rings. The number of Topliss-reactive ketones (excluding diaryl/α,β-unsaturated/α-hetero) is 1. The molecule has 0 aliphatic carbocycles. The standard InChI is InChI=1S/C13H22O4/c1-3-5-10(14)11(15)6-4-7-12-9(2)8-13(16)17-12/h9-10,12,14H,3-8H2,1-2H3/t9-,10-,12+/m1/s1. The first-order chi connectivity index (χ1) is 8.04. The van der Waals surface area contributed by atoms with Crippen molar-refractivity contribution in [2.75, 3.05) is 0 Å². The van der Waals surface area contributed by atoms with Gasteiger partial charge in [-0.05, 0) is 19.3 Å². The van der Waals surface area contributed by atoms with Gasteiger partial charge in [0.2, 0.25) is 0 Å². The predicted octanol–water partition coefficient (Wildman–Crippen LogP) is 1.84. The number of hydrogen-bond acceptors (Lipinski definition) is 4. The second kappa shape index (κ2) is 6.74. The molecule has 0 amide bonds. The Hall–Kier alpha value is -0.900. The summed E-state index contributed by atoms with van der Waals surface area (Å²) in [6, 6.07) is 0. The summed E-state index contributed by atoms with van der Waals surface area (Å²) in [5, 5.41) is 9.47. The van der Waals surface area contributed by atoms with Crippen LogP contribution in [0, 0.1) is 5.92 Å². The first-order valence-corrected chi connectivity index (χ1v) is 6.44. The van der Waals surface area contributed by atoms with Crippen molar-refractivity contribution in [1.29, 1.82) is 0 Å². The molecular formula is C13H22O4. The van der Waals surface area contributed by atoms with E-state index in [-0.39, 0.29) is 23.8 Å². The Morgan fingerprint density at radius 3 is 2.82 bits per heavy atom. The molecule has 0 spiro atoms. The van der Waals surface area contributed by atoms with Gasteiger partial charge in [-0.1, -0.05) is 20.3 Å². The average Bonchev–Trinajstić information content (AvgIpc) is 2.57. The van der Waals surface area contributed by atoms with E-state index in [1.54, 1.807) is 0 Å². The number of aliphatic hydroxyl groups excluding tert-OH is 1. The highest BCUT2D eigenvalue weighted by Crippen LogP contribution is 2.25.